The van der Waals surface area contributed by atoms with Crippen LogP contribution in [0.5, 0.6) is 0 Å². The number of rotatable bonds is 2. The van der Waals surface area contributed by atoms with Crippen LogP contribution in [0.2, 0.25) is 0 Å². The van der Waals surface area contributed by atoms with Gasteiger partial charge in [0, 0.05) is 17.5 Å². The molecule has 0 aromatic carbocycles. The Kier molecular flexibility index (Phi) is 2.07. The zero-order chi connectivity index (χ0) is 10.4. The second kappa shape index (κ2) is 3.32. The molecule has 0 saturated heterocycles. The molecule has 4 heteroatoms. The molecule has 0 amide bonds. The summed E-state index contributed by atoms with van der Waals surface area (Å²) >= 11 is 1.69. The van der Waals surface area contributed by atoms with Gasteiger partial charge in [-0.15, -0.1) is 11.3 Å². The largest absolute Gasteiger partial charge is 0.480 e. The minimum atomic E-state index is -0.693. The number of hydrogen-bond acceptors (Lipinski definition) is 3. The van der Waals surface area contributed by atoms with E-state index in [9.17, 15) is 9.90 Å². The van der Waals surface area contributed by atoms with Gasteiger partial charge in [0.15, 0.2) is 0 Å². The van der Waals surface area contributed by atoms with Crippen molar-refractivity contribution >= 4 is 17.3 Å². The fourth-order valence-electron chi connectivity index (χ4n) is 2.41. The molecule has 0 radical (unpaired) electrons. The topological polar surface area (TPSA) is 40.5 Å². The first kappa shape index (κ1) is 9.36. The summed E-state index contributed by atoms with van der Waals surface area (Å²) in [5.41, 5.74) is 1.03. The van der Waals surface area contributed by atoms with Gasteiger partial charge < -0.3 is 5.11 Å². The lowest BCUT2D eigenvalue weighted by molar-refractivity contribution is -0.144. The molecule has 1 fully saturated rings. The van der Waals surface area contributed by atoms with E-state index >= 15 is 0 Å². The summed E-state index contributed by atoms with van der Waals surface area (Å²) in [6.45, 7) is 0.912. The molecule has 3 rings (SSSR count). The van der Waals surface area contributed by atoms with Gasteiger partial charge in [0.25, 0.3) is 0 Å². The molecule has 2 heterocycles. The van der Waals surface area contributed by atoms with Crippen LogP contribution in [-0.4, -0.2) is 28.6 Å². The number of carboxylic acids is 1. The Bertz CT molecular complexity index is 397. The maximum absolute atomic E-state index is 11.3. The molecular weight excluding hydrogens is 210 g/mol. The molecule has 1 N–H and O–H groups in total. The third kappa shape index (κ3) is 1.48. The average molecular weight is 223 g/mol. The molecule has 80 valence electrons. The van der Waals surface area contributed by atoms with Gasteiger partial charge in [-0.25, -0.2) is 0 Å². The average Bonchev–Trinajstić information content (AvgIpc) is 2.94. The summed E-state index contributed by atoms with van der Waals surface area (Å²) in [7, 11) is 0. The highest BCUT2D eigenvalue weighted by molar-refractivity contribution is 7.10. The van der Waals surface area contributed by atoms with Crippen molar-refractivity contribution < 1.29 is 9.90 Å². The molecule has 15 heavy (non-hydrogen) atoms. The van der Waals surface area contributed by atoms with Crippen molar-refractivity contribution in [3.63, 3.8) is 0 Å². The minimum Gasteiger partial charge on any atom is -0.480 e. The van der Waals surface area contributed by atoms with Crippen molar-refractivity contribution in [2.45, 2.75) is 31.3 Å². The van der Waals surface area contributed by atoms with Crippen LogP contribution >= 0.6 is 11.3 Å². The number of nitrogens with zero attached hydrogens (tertiary/aromatic N) is 1. The monoisotopic (exact) mass is 223 g/mol. The normalized spacial score (nSPS) is 26.3. The summed E-state index contributed by atoms with van der Waals surface area (Å²) in [5, 5.41) is 11.3. The lowest BCUT2D eigenvalue weighted by Crippen LogP contribution is -2.40. The number of carboxylic acid groups (broad SMARTS) is 1. The van der Waals surface area contributed by atoms with E-state index in [2.05, 4.69) is 4.90 Å². The Hall–Kier alpha value is -0.870. The maximum atomic E-state index is 11.3. The van der Waals surface area contributed by atoms with Gasteiger partial charge in [-0.05, 0) is 36.3 Å². The Morgan fingerprint density at radius 3 is 3.00 bits per heavy atom. The fourth-order valence-corrected chi connectivity index (χ4v) is 3.31. The van der Waals surface area contributed by atoms with Gasteiger partial charge in [-0.1, -0.05) is 0 Å². The highest BCUT2D eigenvalue weighted by Gasteiger charge is 2.41. The van der Waals surface area contributed by atoms with Crippen LogP contribution in [0.1, 0.15) is 29.3 Å². The molecule has 0 bridgehead atoms. The Balaban J connectivity index is 1.98. The molecule has 1 aromatic rings. The molecule has 0 spiro atoms. The van der Waals surface area contributed by atoms with Gasteiger partial charge in [-0.3, -0.25) is 9.69 Å². The van der Waals surface area contributed by atoms with Crippen LogP contribution in [0.15, 0.2) is 11.4 Å². The predicted molar refractivity (Wildman–Crippen MR) is 58.1 cm³/mol. The van der Waals surface area contributed by atoms with Crippen LogP contribution in [0.4, 0.5) is 0 Å². The van der Waals surface area contributed by atoms with Gasteiger partial charge in [0.2, 0.25) is 0 Å². The van der Waals surface area contributed by atoms with Crippen LogP contribution in [-0.2, 0) is 11.2 Å². The number of thiophene rings is 1. The van der Waals surface area contributed by atoms with Crippen LogP contribution in [0.25, 0.3) is 0 Å². The van der Waals surface area contributed by atoms with E-state index in [1.807, 2.05) is 11.4 Å². The quantitative estimate of drug-likeness (QED) is 0.832. The van der Waals surface area contributed by atoms with Gasteiger partial charge in [0.1, 0.15) is 6.04 Å². The van der Waals surface area contributed by atoms with E-state index < -0.39 is 5.97 Å². The van der Waals surface area contributed by atoms with Crippen LogP contribution in [0, 0.1) is 0 Å². The second-order valence-electron chi connectivity index (χ2n) is 4.26. The second-order valence-corrected chi connectivity index (χ2v) is 5.26. The SMILES string of the molecule is O=C(O)C1c2ccsc2CCN1C1CC1. The summed E-state index contributed by atoms with van der Waals surface area (Å²) in [6, 6.07) is 2.12. The van der Waals surface area contributed by atoms with E-state index in [0.29, 0.717) is 6.04 Å². The molecular formula is C11H13NO2S. The third-order valence-electron chi connectivity index (χ3n) is 3.25. The fraction of sp³-hybridized carbons (Fsp3) is 0.545. The molecule has 1 aliphatic heterocycles. The molecule has 1 aliphatic carbocycles. The summed E-state index contributed by atoms with van der Waals surface area (Å²) in [4.78, 5) is 14.7. The van der Waals surface area contributed by atoms with Crippen LogP contribution in [0.3, 0.4) is 0 Å². The van der Waals surface area contributed by atoms with Crippen molar-refractivity contribution in [1.82, 2.24) is 4.90 Å². The van der Waals surface area contributed by atoms with E-state index in [-0.39, 0.29) is 6.04 Å². The Labute approximate surface area is 92.3 Å². The smallest absolute Gasteiger partial charge is 0.325 e. The molecule has 1 unspecified atom stereocenters. The van der Waals surface area contributed by atoms with Crippen molar-refractivity contribution in [3.05, 3.63) is 21.9 Å². The van der Waals surface area contributed by atoms with Crippen molar-refractivity contribution in [3.8, 4) is 0 Å². The number of carbonyl (C=O) groups is 1. The number of fused-ring (bicyclic) bond motifs is 1. The van der Waals surface area contributed by atoms with Gasteiger partial charge >= 0.3 is 5.97 Å². The first-order chi connectivity index (χ1) is 7.27. The predicted octanol–water partition coefficient (Wildman–Crippen LogP) is 1.89. The lowest BCUT2D eigenvalue weighted by Gasteiger charge is -2.33. The van der Waals surface area contributed by atoms with E-state index in [4.69, 9.17) is 0 Å². The van der Waals surface area contributed by atoms with E-state index in [1.54, 1.807) is 11.3 Å². The first-order valence-electron chi connectivity index (χ1n) is 5.32. The Morgan fingerprint density at radius 1 is 1.53 bits per heavy atom. The van der Waals surface area contributed by atoms with Crippen molar-refractivity contribution in [2.24, 2.45) is 0 Å². The summed E-state index contributed by atoms with van der Waals surface area (Å²) < 4.78 is 0. The van der Waals surface area contributed by atoms with Crippen molar-refractivity contribution in [2.75, 3.05) is 6.54 Å². The molecule has 3 nitrogen and oxygen atoms in total. The zero-order valence-electron chi connectivity index (χ0n) is 8.35. The molecule has 1 saturated carbocycles. The highest BCUT2D eigenvalue weighted by Crippen LogP contribution is 2.40. The van der Waals surface area contributed by atoms with Gasteiger partial charge in [0.05, 0.1) is 0 Å². The van der Waals surface area contributed by atoms with Crippen LogP contribution < -0.4 is 0 Å². The van der Waals surface area contributed by atoms with E-state index in [1.165, 1.54) is 17.7 Å². The Morgan fingerprint density at radius 2 is 2.33 bits per heavy atom. The van der Waals surface area contributed by atoms with Crippen molar-refractivity contribution in [1.29, 1.82) is 0 Å². The standard InChI is InChI=1S/C11H13NO2S/c13-11(14)10-8-4-6-15-9(8)3-5-12(10)7-1-2-7/h4,6-7,10H,1-3,5H2,(H,13,14). The number of aliphatic carboxylic acids is 1. The number of hydrogen-bond donors (Lipinski definition) is 1. The molecule has 1 aromatic heterocycles. The summed E-state index contributed by atoms with van der Waals surface area (Å²) in [5.74, 6) is -0.693. The third-order valence-corrected chi connectivity index (χ3v) is 4.25. The zero-order valence-corrected chi connectivity index (χ0v) is 9.17. The molecule has 2 aliphatic rings. The summed E-state index contributed by atoms with van der Waals surface area (Å²) in [6.07, 6.45) is 3.36. The maximum Gasteiger partial charge on any atom is 0.325 e. The van der Waals surface area contributed by atoms with E-state index in [0.717, 1.165) is 18.5 Å². The minimum absolute atomic E-state index is 0.382. The van der Waals surface area contributed by atoms with Gasteiger partial charge in [-0.2, -0.15) is 0 Å². The molecule has 1 atom stereocenters. The first-order valence-corrected chi connectivity index (χ1v) is 6.20. The highest BCUT2D eigenvalue weighted by atomic mass is 32.1. The lowest BCUT2D eigenvalue weighted by atomic mass is 10.00.